The highest BCUT2D eigenvalue weighted by molar-refractivity contribution is 9.09. The van der Waals surface area contributed by atoms with E-state index in [1.165, 1.54) is 81.7 Å². The van der Waals surface area contributed by atoms with Crippen LogP contribution in [0.5, 0.6) is 11.5 Å². The lowest BCUT2D eigenvalue weighted by atomic mass is 10.1. The van der Waals surface area contributed by atoms with E-state index in [1.807, 2.05) is 0 Å². The monoisotopic (exact) mass is 505 g/mol. The second kappa shape index (κ2) is 15.3. The third-order valence-corrected chi connectivity index (χ3v) is 5.64. The van der Waals surface area contributed by atoms with E-state index >= 15 is 0 Å². The number of unbranched alkanes of at least 4 members (excludes halogenated alkanes) is 9. The molecule has 0 bridgehead atoms. The average Bonchev–Trinajstić information content (AvgIpc) is 2.79. The van der Waals surface area contributed by atoms with E-state index in [0.717, 1.165) is 18.2 Å². The van der Waals surface area contributed by atoms with Gasteiger partial charge in [-0.2, -0.15) is 5.11 Å². The number of hydrogen-bond acceptors (Lipinski definition) is 6. The molecule has 174 valence electrons. The van der Waals surface area contributed by atoms with Crippen LogP contribution in [0.15, 0.2) is 52.7 Å². The maximum atomic E-state index is 10.7. The first kappa shape index (κ1) is 25.8. The van der Waals surface area contributed by atoms with Crippen LogP contribution in [0.25, 0.3) is 0 Å². The largest absolute Gasteiger partial charge is 0.505 e. The zero-order valence-corrected chi connectivity index (χ0v) is 20.0. The van der Waals surface area contributed by atoms with Gasteiger partial charge in [-0.1, -0.05) is 67.3 Å². The lowest BCUT2D eigenvalue weighted by Gasteiger charge is -2.07. The Morgan fingerprint density at radius 3 is 2.00 bits per heavy atom. The number of nitro benzene ring substituents is 1. The minimum atomic E-state index is -0.471. The molecule has 0 spiro atoms. The number of nitro groups is 1. The summed E-state index contributed by atoms with van der Waals surface area (Å²) < 4.78 is 5.72. The van der Waals surface area contributed by atoms with Gasteiger partial charge < -0.3 is 9.84 Å². The molecular weight excluding hydrogens is 474 g/mol. The summed E-state index contributed by atoms with van der Waals surface area (Å²) in [5.74, 6) is 0.574. The molecule has 1 N–H and O–H groups in total. The van der Waals surface area contributed by atoms with E-state index in [4.69, 9.17) is 4.74 Å². The van der Waals surface area contributed by atoms with E-state index < -0.39 is 4.92 Å². The number of ether oxygens (including phenoxy) is 1. The van der Waals surface area contributed by atoms with Crippen molar-refractivity contribution in [2.75, 3.05) is 11.9 Å². The summed E-state index contributed by atoms with van der Waals surface area (Å²) in [7, 11) is 0. The lowest BCUT2D eigenvalue weighted by Crippen LogP contribution is -1.97. The van der Waals surface area contributed by atoms with E-state index in [0.29, 0.717) is 23.7 Å². The summed E-state index contributed by atoms with van der Waals surface area (Å²) in [4.78, 5) is 10.2. The van der Waals surface area contributed by atoms with Crippen LogP contribution in [0.2, 0.25) is 0 Å². The normalized spacial score (nSPS) is 11.2. The zero-order valence-electron chi connectivity index (χ0n) is 18.4. The molecule has 0 unspecified atom stereocenters. The molecule has 7 nitrogen and oxygen atoms in total. The van der Waals surface area contributed by atoms with Gasteiger partial charge in [-0.3, -0.25) is 10.1 Å². The maximum Gasteiger partial charge on any atom is 0.269 e. The number of alkyl halides is 1. The van der Waals surface area contributed by atoms with Crippen LogP contribution in [0.3, 0.4) is 0 Å². The molecule has 0 atom stereocenters. The van der Waals surface area contributed by atoms with Gasteiger partial charge in [0.1, 0.15) is 17.2 Å². The van der Waals surface area contributed by atoms with Crippen LogP contribution in [0.1, 0.15) is 64.2 Å². The molecule has 32 heavy (non-hydrogen) atoms. The van der Waals surface area contributed by atoms with Crippen molar-refractivity contribution in [3.8, 4) is 11.5 Å². The molecule has 0 aliphatic carbocycles. The molecule has 0 aliphatic rings. The molecule has 0 aromatic heterocycles. The van der Waals surface area contributed by atoms with Crippen LogP contribution >= 0.6 is 15.9 Å². The number of phenolic OH excluding ortho intramolecular Hbond substituents is 1. The molecule has 0 amide bonds. The minimum Gasteiger partial charge on any atom is -0.505 e. The smallest absolute Gasteiger partial charge is 0.269 e. The minimum absolute atomic E-state index is 0.00954. The number of aromatic hydroxyl groups is 1. The fourth-order valence-electron chi connectivity index (χ4n) is 3.23. The number of benzene rings is 2. The Balaban J connectivity index is 1.62. The lowest BCUT2D eigenvalue weighted by molar-refractivity contribution is -0.384. The van der Waals surface area contributed by atoms with Gasteiger partial charge in [0.15, 0.2) is 0 Å². The van der Waals surface area contributed by atoms with Gasteiger partial charge in [-0.25, -0.2) is 0 Å². The topological polar surface area (TPSA) is 97.3 Å². The van der Waals surface area contributed by atoms with Crippen molar-refractivity contribution in [1.29, 1.82) is 0 Å². The van der Waals surface area contributed by atoms with Crippen LogP contribution in [-0.2, 0) is 0 Å². The average molecular weight is 506 g/mol. The highest BCUT2D eigenvalue weighted by atomic mass is 79.9. The van der Waals surface area contributed by atoms with Crippen LogP contribution in [0.4, 0.5) is 17.1 Å². The molecule has 2 aromatic rings. The third kappa shape index (κ3) is 10.2. The maximum absolute atomic E-state index is 10.7. The van der Waals surface area contributed by atoms with Crippen LogP contribution in [0, 0.1) is 10.1 Å². The summed E-state index contributed by atoms with van der Waals surface area (Å²) in [6, 6.07) is 10.6. The zero-order chi connectivity index (χ0) is 23.0. The van der Waals surface area contributed by atoms with Crippen molar-refractivity contribution >= 4 is 33.0 Å². The first-order valence-electron chi connectivity index (χ1n) is 11.3. The van der Waals surface area contributed by atoms with E-state index in [9.17, 15) is 15.2 Å². The molecule has 2 rings (SSSR count). The Kier molecular flexibility index (Phi) is 12.4. The van der Waals surface area contributed by atoms with Gasteiger partial charge in [-0.15, -0.1) is 5.11 Å². The number of azo groups is 1. The number of rotatable bonds is 16. The summed E-state index contributed by atoms with van der Waals surface area (Å²) >= 11 is 3.47. The molecule has 2 aromatic carbocycles. The SMILES string of the molecule is O=[N+]([O-])c1ccc(N=Nc2ccc(OCCCCCCCCCCCCBr)cc2O)cc1. The second-order valence-corrected chi connectivity index (χ2v) is 8.49. The third-order valence-electron chi connectivity index (χ3n) is 5.08. The van der Waals surface area contributed by atoms with Crippen molar-refractivity contribution in [2.24, 2.45) is 10.2 Å². The van der Waals surface area contributed by atoms with Crippen LogP contribution in [-0.4, -0.2) is 22.0 Å². The number of phenols is 1. The summed E-state index contributed by atoms with van der Waals surface area (Å²) in [5, 5.41) is 30.0. The molecule has 0 aliphatic heterocycles. The predicted octanol–water partition coefficient (Wildman–Crippen LogP) is 8.39. The number of nitrogens with zero attached hydrogens (tertiary/aromatic N) is 3. The quantitative estimate of drug-likeness (QED) is 0.0813. The molecule has 0 saturated carbocycles. The standard InChI is InChI=1S/C24H32BrN3O4/c25-17-9-7-5-3-1-2-4-6-8-10-18-32-22-15-16-23(24(29)19-22)27-26-20-11-13-21(14-12-20)28(30)31/h11-16,19,29H,1-10,17-18H2. The Morgan fingerprint density at radius 1 is 0.844 bits per heavy atom. The van der Waals surface area contributed by atoms with Gasteiger partial charge in [0, 0.05) is 23.5 Å². The van der Waals surface area contributed by atoms with Crippen molar-refractivity contribution < 1.29 is 14.8 Å². The first-order valence-corrected chi connectivity index (χ1v) is 12.4. The predicted molar refractivity (Wildman–Crippen MR) is 131 cm³/mol. The number of hydrogen-bond donors (Lipinski definition) is 1. The summed E-state index contributed by atoms with van der Waals surface area (Å²) in [6.07, 6.45) is 12.6. The Hall–Kier alpha value is -2.48. The molecular formula is C24H32BrN3O4. The van der Waals surface area contributed by atoms with Crippen molar-refractivity contribution in [2.45, 2.75) is 64.2 Å². The van der Waals surface area contributed by atoms with Crippen molar-refractivity contribution in [1.82, 2.24) is 0 Å². The van der Waals surface area contributed by atoms with Crippen molar-refractivity contribution in [3.05, 3.63) is 52.6 Å². The van der Waals surface area contributed by atoms with Gasteiger partial charge >= 0.3 is 0 Å². The Labute approximate surface area is 198 Å². The first-order chi connectivity index (χ1) is 15.6. The molecule has 8 heteroatoms. The highest BCUT2D eigenvalue weighted by Crippen LogP contribution is 2.32. The van der Waals surface area contributed by atoms with Crippen LogP contribution < -0.4 is 4.74 Å². The second-order valence-electron chi connectivity index (χ2n) is 7.70. The Bertz CT molecular complexity index is 844. The van der Waals surface area contributed by atoms with E-state index in [2.05, 4.69) is 26.2 Å². The fraction of sp³-hybridized carbons (Fsp3) is 0.500. The molecule has 0 saturated heterocycles. The summed E-state index contributed by atoms with van der Waals surface area (Å²) in [5.41, 5.74) is 0.762. The summed E-state index contributed by atoms with van der Waals surface area (Å²) in [6.45, 7) is 0.621. The van der Waals surface area contributed by atoms with E-state index in [1.54, 1.807) is 12.1 Å². The number of halogens is 1. The molecule has 0 heterocycles. The Morgan fingerprint density at radius 2 is 1.44 bits per heavy atom. The van der Waals surface area contributed by atoms with E-state index in [-0.39, 0.29) is 11.4 Å². The van der Waals surface area contributed by atoms with Crippen molar-refractivity contribution in [3.63, 3.8) is 0 Å². The molecule has 0 radical (unpaired) electrons. The van der Waals surface area contributed by atoms with Gasteiger partial charge in [0.25, 0.3) is 5.69 Å². The fourth-order valence-corrected chi connectivity index (χ4v) is 3.63. The van der Waals surface area contributed by atoms with Gasteiger partial charge in [0.05, 0.1) is 17.2 Å². The molecule has 0 fully saturated rings. The van der Waals surface area contributed by atoms with Gasteiger partial charge in [0.2, 0.25) is 0 Å². The van der Waals surface area contributed by atoms with Gasteiger partial charge in [-0.05, 0) is 37.1 Å². The number of non-ortho nitro benzene ring substituents is 1. The highest BCUT2D eigenvalue weighted by Gasteiger charge is 2.05.